The smallest absolute Gasteiger partial charge is 0.0656 e. The summed E-state index contributed by atoms with van der Waals surface area (Å²) in [6.45, 7) is 6.49. The maximum atomic E-state index is 6.81. The maximum absolute atomic E-state index is 6.81. The minimum atomic E-state index is 0.0526. The normalized spacial score (nSPS) is 20.1. The molecule has 0 aliphatic heterocycles. The van der Waals surface area contributed by atoms with Gasteiger partial charge in [-0.2, -0.15) is 0 Å². The van der Waals surface area contributed by atoms with E-state index in [0.29, 0.717) is 0 Å². The molecule has 1 saturated carbocycles. The Morgan fingerprint density at radius 1 is 1.17 bits per heavy atom. The van der Waals surface area contributed by atoms with Crippen molar-refractivity contribution in [3.8, 4) is 0 Å². The molecule has 1 unspecified atom stereocenters. The summed E-state index contributed by atoms with van der Waals surface area (Å²) in [5.74, 6) is 0. The Kier molecular flexibility index (Phi) is 4.29. The van der Waals surface area contributed by atoms with Gasteiger partial charge in [-0.1, -0.05) is 37.4 Å². The van der Waals surface area contributed by atoms with Crippen molar-refractivity contribution in [1.82, 2.24) is 0 Å². The predicted molar refractivity (Wildman–Crippen MR) is 80.7 cm³/mol. The second-order valence-electron chi connectivity index (χ2n) is 5.74. The summed E-state index contributed by atoms with van der Waals surface area (Å²) in [7, 11) is 0. The van der Waals surface area contributed by atoms with E-state index in [0.717, 1.165) is 17.0 Å². The second-order valence-corrected chi connectivity index (χ2v) is 6.59. The van der Waals surface area contributed by atoms with Gasteiger partial charge in [0, 0.05) is 5.02 Å². The third-order valence-corrected chi connectivity index (χ3v) is 5.75. The van der Waals surface area contributed by atoms with Crippen molar-refractivity contribution in [2.24, 2.45) is 5.41 Å². The fourth-order valence-electron chi connectivity index (χ4n) is 3.19. The summed E-state index contributed by atoms with van der Waals surface area (Å²) in [6, 6.07) is 4.24. The Bertz CT molecular complexity index is 431. The van der Waals surface area contributed by atoms with Gasteiger partial charge in [0.2, 0.25) is 0 Å². The lowest BCUT2D eigenvalue weighted by atomic mass is 9.77. The highest BCUT2D eigenvalue weighted by molar-refractivity contribution is 6.33. The van der Waals surface area contributed by atoms with Crippen LogP contribution in [0.2, 0.25) is 5.02 Å². The molecule has 0 N–H and O–H groups in total. The summed E-state index contributed by atoms with van der Waals surface area (Å²) < 4.78 is 0. The van der Waals surface area contributed by atoms with E-state index >= 15 is 0 Å². The molecule has 1 aliphatic carbocycles. The van der Waals surface area contributed by atoms with E-state index in [9.17, 15) is 0 Å². The van der Waals surface area contributed by atoms with E-state index in [2.05, 4.69) is 32.9 Å². The maximum Gasteiger partial charge on any atom is 0.0656 e. The number of alkyl halides is 1. The predicted octanol–water partition coefficient (Wildman–Crippen LogP) is 6.21. The van der Waals surface area contributed by atoms with Crippen molar-refractivity contribution in [2.45, 2.75) is 58.3 Å². The Morgan fingerprint density at radius 2 is 1.72 bits per heavy atom. The van der Waals surface area contributed by atoms with Crippen LogP contribution in [0.4, 0.5) is 0 Å². The average Bonchev–Trinajstić information content (AvgIpc) is 2.83. The summed E-state index contributed by atoms with van der Waals surface area (Å²) >= 11 is 13.2. The molecule has 100 valence electrons. The lowest BCUT2D eigenvalue weighted by Crippen LogP contribution is -2.22. The summed E-state index contributed by atoms with van der Waals surface area (Å²) in [6.07, 6.45) is 6.23. The van der Waals surface area contributed by atoms with Gasteiger partial charge in [0.1, 0.15) is 0 Å². The molecule has 0 saturated heterocycles. The Hall–Kier alpha value is -0.200. The van der Waals surface area contributed by atoms with Crippen LogP contribution in [0.3, 0.4) is 0 Å². The number of benzene rings is 1. The number of hydrogen-bond donors (Lipinski definition) is 0. The van der Waals surface area contributed by atoms with E-state index in [4.69, 9.17) is 23.2 Å². The molecule has 0 amide bonds. The van der Waals surface area contributed by atoms with Crippen molar-refractivity contribution < 1.29 is 0 Å². The molecule has 1 aliphatic rings. The largest absolute Gasteiger partial charge is 0.117 e. The summed E-state index contributed by atoms with van der Waals surface area (Å²) in [4.78, 5) is 0. The first kappa shape index (κ1) is 14.2. The first-order valence-corrected chi connectivity index (χ1v) is 7.72. The molecule has 0 heterocycles. The number of hydrogen-bond acceptors (Lipinski definition) is 0. The number of rotatable bonds is 3. The third-order valence-electron chi connectivity index (χ3n) is 4.73. The van der Waals surface area contributed by atoms with Crippen LogP contribution >= 0.6 is 23.2 Å². The molecule has 1 aromatic carbocycles. The minimum Gasteiger partial charge on any atom is -0.117 e. The lowest BCUT2D eigenvalue weighted by Gasteiger charge is -2.34. The molecule has 0 nitrogen and oxygen atoms in total. The molecule has 0 bridgehead atoms. The zero-order chi connectivity index (χ0) is 13.3. The number of aryl methyl sites for hydroxylation is 2. The van der Waals surface area contributed by atoms with E-state index in [1.807, 2.05) is 0 Å². The molecule has 1 aromatic rings. The Balaban J connectivity index is 2.39. The van der Waals surface area contributed by atoms with Gasteiger partial charge in [-0.05, 0) is 61.3 Å². The monoisotopic (exact) mass is 284 g/mol. The van der Waals surface area contributed by atoms with Crippen LogP contribution in [0.15, 0.2) is 12.1 Å². The number of halogens is 2. The van der Waals surface area contributed by atoms with Gasteiger partial charge in [-0.3, -0.25) is 0 Å². The molecule has 0 spiro atoms. The molecule has 0 radical (unpaired) electrons. The van der Waals surface area contributed by atoms with Gasteiger partial charge in [0.05, 0.1) is 5.38 Å². The van der Waals surface area contributed by atoms with Crippen molar-refractivity contribution in [3.63, 3.8) is 0 Å². The van der Waals surface area contributed by atoms with Crippen LogP contribution in [-0.2, 0) is 0 Å². The SMILES string of the molecule is CCC1(C(Cl)c2cc(C)c(C)cc2Cl)CCCC1. The third kappa shape index (κ3) is 2.42. The highest BCUT2D eigenvalue weighted by Crippen LogP contribution is 2.54. The van der Waals surface area contributed by atoms with Crippen LogP contribution < -0.4 is 0 Å². The topological polar surface area (TPSA) is 0 Å². The van der Waals surface area contributed by atoms with Crippen LogP contribution in [0, 0.1) is 19.3 Å². The van der Waals surface area contributed by atoms with Crippen LogP contribution in [0.25, 0.3) is 0 Å². The van der Waals surface area contributed by atoms with Crippen LogP contribution in [0.5, 0.6) is 0 Å². The zero-order valence-corrected chi connectivity index (χ0v) is 13.0. The summed E-state index contributed by atoms with van der Waals surface area (Å²) in [5, 5.41) is 0.884. The van der Waals surface area contributed by atoms with Crippen molar-refractivity contribution in [1.29, 1.82) is 0 Å². The molecule has 2 heteroatoms. The van der Waals surface area contributed by atoms with E-state index in [1.54, 1.807) is 0 Å². The Morgan fingerprint density at radius 3 is 2.28 bits per heavy atom. The highest BCUT2D eigenvalue weighted by Gasteiger charge is 2.40. The van der Waals surface area contributed by atoms with Crippen LogP contribution in [-0.4, -0.2) is 0 Å². The fraction of sp³-hybridized carbons (Fsp3) is 0.625. The van der Waals surface area contributed by atoms with Crippen LogP contribution in [0.1, 0.15) is 61.1 Å². The standard InChI is InChI=1S/C16H22Cl2/c1-4-16(7-5-6-8-16)15(18)13-9-11(2)12(3)10-14(13)17/h9-10,15H,4-8H2,1-3H3. The van der Waals surface area contributed by atoms with Crippen molar-refractivity contribution >= 4 is 23.2 Å². The van der Waals surface area contributed by atoms with E-state index in [1.165, 1.54) is 36.8 Å². The van der Waals surface area contributed by atoms with Gasteiger partial charge in [0.25, 0.3) is 0 Å². The molecule has 1 atom stereocenters. The molecule has 1 fully saturated rings. The average molecular weight is 285 g/mol. The molecule has 2 rings (SSSR count). The van der Waals surface area contributed by atoms with E-state index < -0.39 is 0 Å². The second kappa shape index (κ2) is 5.43. The van der Waals surface area contributed by atoms with Gasteiger partial charge in [-0.15, -0.1) is 11.6 Å². The van der Waals surface area contributed by atoms with Gasteiger partial charge < -0.3 is 0 Å². The molecular weight excluding hydrogens is 263 g/mol. The first-order valence-electron chi connectivity index (χ1n) is 6.91. The molecule has 18 heavy (non-hydrogen) atoms. The molecule has 0 aromatic heterocycles. The van der Waals surface area contributed by atoms with Crippen molar-refractivity contribution in [2.75, 3.05) is 0 Å². The lowest BCUT2D eigenvalue weighted by molar-refractivity contribution is 0.271. The van der Waals surface area contributed by atoms with Crippen molar-refractivity contribution in [3.05, 3.63) is 33.8 Å². The highest BCUT2D eigenvalue weighted by atomic mass is 35.5. The van der Waals surface area contributed by atoms with E-state index in [-0.39, 0.29) is 10.8 Å². The molecular formula is C16H22Cl2. The zero-order valence-electron chi connectivity index (χ0n) is 11.5. The van der Waals surface area contributed by atoms with Gasteiger partial charge in [0.15, 0.2) is 0 Å². The summed E-state index contributed by atoms with van der Waals surface area (Å²) in [5.41, 5.74) is 3.91. The van der Waals surface area contributed by atoms with Gasteiger partial charge >= 0.3 is 0 Å². The van der Waals surface area contributed by atoms with Gasteiger partial charge in [-0.25, -0.2) is 0 Å². The first-order chi connectivity index (χ1) is 8.50. The Labute approximate surface area is 121 Å². The quantitative estimate of drug-likeness (QED) is 0.579. The minimum absolute atomic E-state index is 0.0526. The fourth-order valence-corrected chi connectivity index (χ4v) is 4.13.